The van der Waals surface area contributed by atoms with Crippen molar-refractivity contribution in [3.8, 4) is 0 Å². The topological polar surface area (TPSA) is 119 Å². The fraction of sp³-hybridized carbons (Fsp3) is 0.125. The van der Waals surface area contributed by atoms with E-state index in [1.54, 1.807) is 35.3 Å². The zero-order chi connectivity index (χ0) is 18.5. The highest BCUT2D eigenvalue weighted by Gasteiger charge is 2.18. The summed E-state index contributed by atoms with van der Waals surface area (Å²) < 4.78 is 5.87. The highest BCUT2D eigenvalue weighted by molar-refractivity contribution is 6.01. The van der Waals surface area contributed by atoms with Crippen molar-refractivity contribution in [2.24, 2.45) is 0 Å². The molecule has 3 aromatic heterocycles. The molecule has 1 amide bonds. The molecule has 0 unspecified atom stereocenters. The van der Waals surface area contributed by atoms with Crippen molar-refractivity contribution >= 4 is 23.6 Å². The minimum absolute atomic E-state index is 0.0329. The van der Waals surface area contributed by atoms with Crippen LogP contribution in [-0.4, -0.2) is 43.5 Å². The van der Waals surface area contributed by atoms with Crippen LogP contribution in [0.25, 0.3) is 5.78 Å². The number of pyridine rings is 1. The van der Waals surface area contributed by atoms with Crippen LogP contribution in [-0.2, 0) is 0 Å². The Morgan fingerprint density at radius 1 is 1.23 bits per heavy atom. The van der Waals surface area contributed by atoms with Crippen LogP contribution in [0.3, 0.4) is 0 Å². The van der Waals surface area contributed by atoms with Gasteiger partial charge in [-0.1, -0.05) is 22.8 Å². The third kappa shape index (κ3) is 3.48. The molecular formula is C16H15N7O3. The van der Waals surface area contributed by atoms with E-state index in [1.165, 1.54) is 6.20 Å². The zero-order valence-electron chi connectivity index (χ0n) is 13.7. The van der Waals surface area contributed by atoms with Gasteiger partial charge in [-0.2, -0.15) is 9.97 Å². The molecule has 10 heteroatoms. The first-order valence-electron chi connectivity index (χ1n) is 7.59. The third-order valence-corrected chi connectivity index (χ3v) is 3.25. The molecule has 10 nitrogen and oxygen atoms in total. The predicted octanol–water partition coefficient (Wildman–Crippen LogP) is 0.903. The van der Waals surface area contributed by atoms with Crippen LogP contribution in [0.15, 0.2) is 59.0 Å². The van der Waals surface area contributed by atoms with Gasteiger partial charge in [0.1, 0.15) is 5.69 Å². The lowest BCUT2D eigenvalue weighted by atomic mass is 10.3. The smallest absolute Gasteiger partial charge is 0.333 e. The fourth-order valence-corrected chi connectivity index (χ4v) is 2.16. The molecule has 26 heavy (non-hydrogen) atoms. The van der Waals surface area contributed by atoms with Crippen molar-refractivity contribution in [1.29, 1.82) is 0 Å². The molecule has 0 spiro atoms. The number of anilines is 2. The lowest BCUT2D eigenvalue weighted by Crippen LogP contribution is -2.27. The summed E-state index contributed by atoms with van der Waals surface area (Å²) in [5, 5.41) is 2.55. The standard InChI is InChI=1S/C16H15N7O3/c1-3-9-22(10-4-2)13-19-14(23-15(20-13)21-16(25)26-23)18-12(24)11-7-5-6-8-17-11/h3-8H,1-2,9-10H2,(H,18,19,20,21,24,25). The number of aromatic nitrogens is 5. The minimum Gasteiger partial charge on any atom is -0.333 e. The monoisotopic (exact) mass is 353 g/mol. The molecule has 3 heterocycles. The fourth-order valence-electron chi connectivity index (χ4n) is 2.16. The van der Waals surface area contributed by atoms with Gasteiger partial charge in [0.15, 0.2) is 0 Å². The number of amides is 1. The lowest BCUT2D eigenvalue weighted by molar-refractivity contribution is 0.102. The van der Waals surface area contributed by atoms with Crippen LogP contribution in [0, 0.1) is 0 Å². The van der Waals surface area contributed by atoms with Gasteiger partial charge in [-0.05, 0) is 12.1 Å². The van der Waals surface area contributed by atoms with Gasteiger partial charge in [0.2, 0.25) is 5.95 Å². The van der Waals surface area contributed by atoms with Gasteiger partial charge in [0.25, 0.3) is 17.6 Å². The Hall–Kier alpha value is -3.82. The molecule has 0 saturated heterocycles. The van der Waals surface area contributed by atoms with Crippen molar-refractivity contribution < 1.29 is 9.32 Å². The molecule has 0 aromatic carbocycles. The molecule has 132 valence electrons. The molecule has 1 N–H and O–H groups in total. The van der Waals surface area contributed by atoms with E-state index in [9.17, 15) is 9.59 Å². The second kappa shape index (κ2) is 7.38. The van der Waals surface area contributed by atoms with Gasteiger partial charge in [-0.3, -0.25) is 15.1 Å². The molecule has 0 aliphatic heterocycles. The quantitative estimate of drug-likeness (QED) is 0.623. The minimum atomic E-state index is -0.858. The normalized spacial score (nSPS) is 10.5. The van der Waals surface area contributed by atoms with E-state index in [0.717, 1.165) is 4.57 Å². The van der Waals surface area contributed by atoms with Crippen LogP contribution in [0.2, 0.25) is 0 Å². The van der Waals surface area contributed by atoms with E-state index in [-0.39, 0.29) is 23.4 Å². The molecule has 0 bridgehead atoms. The summed E-state index contributed by atoms with van der Waals surface area (Å²) in [4.78, 5) is 41.7. The number of hydrogen-bond donors (Lipinski definition) is 1. The number of hydrogen-bond acceptors (Lipinski definition) is 8. The van der Waals surface area contributed by atoms with Crippen molar-refractivity contribution in [3.63, 3.8) is 0 Å². The second-order valence-electron chi connectivity index (χ2n) is 5.06. The maximum atomic E-state index is 12.4. The molecule has 3 aromatic rings. The van der Waals surface area contributed by atoms with Crippen LogP contribution < -0.4 is 16.0 Å². The summed E-state index contributed by atoms with van der Waals surface area (Å²) in [6, 6.07) is 4.91. The summed E-state index contributed by atoms with van der Waals surface area (Å²) in [6.07, 6.45) is 4.82. The van der Waals surface area contributed by atoms with Crippen molar-refractivity contribution in [2.45, 2.75) is 0 Å². The molecule has 0 atom stereocenters. The van der Waals surface area contributed by atoms with Gasteiger partial charge in [0, 0.05) is 19.3 Å². The van der Waals surface area contributed by atoms with Gasteiger partial charge in [-0.25, -0.2) is 4.79 Å². The summed E-state index contributed by atoms with van der Waals surface area (Å²) >= 11 is 0. The van der Waals surface area contributed by atoms with Gasteiger partial charge in [-0.15, -0.1) is 18.1 Å². The van der Waals surface area contributed by atoms with Crippen molar-refractivity contribution in [1.82, 2.24) is 24.5 Å². The average Bonchev–Trinajstić information content (AvgIpc) is 3.02. The molecule has 0 aliphatic rings. The van der Waals surface area contributed by atoms with Crippen LogP contribution in [0.1, 0.15) is 10.5 Å². The molecule has 0 fully saturated rings. The summed E-state index contributed by atoms with van der Waals surface area (Å²) in [5.41, 5.74) is 0.178. The number of fused-ring (bicyclic) bond motifs is 1. The first-order chi connectivity index (χ1) is 12.6. The van der Waals surface area contributed by atoms with Gasteiger partial charge < -0.3 is 9.42 Å². The molecule has 0 radical (unpaired) electrons. The Bertz CT molecular complexity index is 1000. The highest BCUT2D eigenvalue weighted by Crippen LogP contribution is 2.14. The zero-order valence-corrected chi connectivity index (χ0v) is 13.7. The SMILES string of the molecule is C=CCN(CC=C)c1nc(NC(=O)c2ccccn2)n2oc(=O)nc2n1. The number of nitrogens with one attached hydrogen (secondary N) is 1. The Labute approximate surface area is 147 Å². The molecule has 3 rings (SSSR count). The first-order valence-corrected chi connectivity index (χ1v) is 7.59. The maximum absolute atomic E-state index is 12.4. The lowest BCUT2D eigenvalue weighted by Gasteiger charge is -2.19. The van der Waals surface area contributed by atoms with E-state index in [0.29, 0.717) is 13.1 Å². The number of carbonyl (C=O) groups is 1. The van der Waals surface area contributed by atoms with Crippen molar-refractivity contribution in [2.75, 3.05) is 23.3 Å². The average molecular weight is 353 g/mol. The Balaban J connectivity index is 2.04. The van der Waals surface area contributed by atoms with E-state index >= 15 is 0 Å². The highest BCUT2D eigenvalue weighted by atomic mass is 16.5. The second-order valence-corrected chi connectivity index (χ2v) is 5.06. The van der Waals surface area contributed by atoms with E-state index in [2.05, 4.69) is 38.4 Å². The first kappa shape index (κ1) is 17.0. The number of carbonyl (C=O) groups excluding carboxylic acids is 1. The van der Waals surface area contributed by atoms with Gasteiger partial charge >= 0.3 is 5.76 Å². The Morgan fingerprint density at radius 2 is 2.00 bits per heavy atom. The Kier molecular flexibility index (Phi) is 4.83. The van der Waals surface area contributed by atoms with Crippen molar-refractivity contribution in [3.05, 3.63) is 66.0 Å². The van der Waals surface area contributed by atoms with Crippen LogP contribution in [0.5, 0.6) is 0 Å². The third-order valence-electron chi connectivity index (χ3n) is 3.25. The summed E-state index contributed by atoms with van der Waals surface area (Å²) in [6.45, 7) is 8.23. The number of rotatable bonds is 7. The summed E-state index contributed by atoms with van der Waals surface area (Å²) in [5.74, 6) is -1.23. The summed E-state index contributed by atoms with van der Waals surface area (Å²) in [7, 11) is 0. The molecule has 0 saturated carbocycles. The maximum Gasteiger partial charge on any atom is 0.462 e. The van der Waals surface area contributed by atoms with Crippen LogP contribution in [0.4, 0.5) is 11.9 Å². The number of nitrogens with zero attached hydrogens (tertiary/aromatic N) is 6. The largest absolute Gasteiger partial charge is 0.462 e. The predicted molar refractivity (Wildman–Crippen MR) is 94.1 cm³/mol. The van der Waals surface area contributed by atoms with E-state index in [4.69, 9.17) is 4.52 Å². The Morgan fingerprint density at radius 3 is 2.65 bits per heavy atom. The van der Waals surface area contributed by atoms with Crippen LogP contribution >= 0.6 is 0 Å². The van der Waals surface area contributed by atoms with E-state index < -0.39 is 11.7 Å². The molecule has 0 aliphatic carbocycles. The van der Waals surface area contributed by atoms with Gasteiger partial charge in [0.05, 0.1) is 0 Å². The van der Waals surface area contributed by atoms with E-state index in [1.807, 2.05) is 0 Å². The molecular weight excluding hydrogens is 338 g/mol.